The molecule has 17 heavy (non-hydrogen) atoms. The number of nitrogen functional groups attached to an aromatic ring is 1. The van der Waals surface area contributed by atoms with Crippen molar-refractivity contribution in [1.29, 1.82) is 0 Å². The first-order valence-corrected chi connectivity index (χ1v) is 5.54. The lowest BCUT2D eigenvalue weighted by molar-refractivity contribution is 0.709. The summed E-state index contributed by atoms with van der Waals surface area (Å²) in [7, 11) is 1.63. The smallest absolute Gasteiger partial charge is 0.274 e. The van der Waals surface area contributed by atoms with Crippen LogP contribution in [0.1, 0.15) is 12.5 Å². The van der Waals surface area contributed by atoms with Gasteiger partial charge < -0.3 is 5.73 Å². The highest BCUT2D eigenvalue weighted by Crippen LogP contribution is 2.21. The first-order valence-electron chi connectivity index (χ1n) is 5.54. The molecule has 2 N–H and O–H groups in total. The molecule has 88 valence electrons. The van der Waals surface area contributed by atoms with Crippen LogP contribution in [0.25, 0.3) is 11.1 Å². The van der Waals surface area contributed by atoms with E-state index < -0.39 is 0 Å². The molecule has 1 heterocycles. The van der Waals surface area contributed by atoms with E-state index in [0.717, 1.165) is 23.2 Å². The van der Waals surface area contributed by atoms with Crippen LogP contribution in [0.3, 0.4) is 0 Å². The fourth-order valence-electron chi connectivity index (χ4n) is 1.81. The zero-order valence-corrected chi connectivity index (χ0v) is 9.97. The summed E-state index contributed by atoms with van der Waals surface area (Å²) >= 11 is 0. The van der Waals surface area contributed by atoms with E-state index in [2.05, 4.69) is 12.0 Å². The molecule has 0 aliphatic carbocycles. The second-order valence-corrected chi connectivity index (χ2v) is 3.94. The minimum atomic E-state index is -0.115. The summed E-state index contributed by atoms with van der Waals surface area (Å²) in [6.07, 6.45) is 2.50. The average Bonchev–Trinajstić information content (AvgIpc) is 2.32. The van der Waals surface area contributed by atoms with E-state index >= 15 is 0 Å². The van der Waals surface area contributed by atoms with Crippen molar-refractivity contribution in [3.63, 3.8) is 0 Å². The molecule has 0 amide bonds. The first-order chi connectivity index (χ1) is 8.13. The maximum atomic E-state index is 11.9. The standard InChI is InChI=1S/C13H15N3O/c1-3-9-4-5-10(8-12(9)14)11-6-7-15-16(2)13(11)17/h4-8H,3,14H2,1-2H3. The zero-order valence-electron chi connectivity index (χ0n) is 9.97. The molecule has 4 heteroatoms. The number of aryl methyl sites for hydroxylation is 2. The maximum absolute atomic E-state index is 11.9. The highest BCUT2D eigenvalue weighted by Gasteiger charge is 2.06. The summed E-state index contributed by atoms with van der Waals surface area (Å²) < 4.78 is 1.32. The van der Waals surface area contributed by atoms with Gasteiger partial charge in [-0.1, -0.05) is 19.1 Å². The van der Waals surface area contributed by atoms with Crippen LogP contribution in [-0.4, -0.2) is 9.78 Å². The highest BCUT2D eigenvalue weighted by molar-refractivity contribution is 5.68. The molecule has 0 aliphatic rings. The molecule has 0 radical (unpaired) electrons. The van der Waals surface area contributed by atoms with Gasteiger partial charge in [-0.05, 0) is 29.7 Å². The van der Waals surface area contributed by atoms with Crippen LogP contribution >= 0.6 is 0 Å². The third-order valence-corrected chi connectivity index (χ3v) is 2.84. The van der Waals surface area contributed by atoms with Gasteiger partial charge in [0.05, 0.1) is 5.56 Å². The van der Waals surface area contributed by atoms with E-state index in [4.69, 9.17) is 5.73 Å². The van der Waals surface area contributed by atoms with E-state index in [0.29, 0.717) is 5.56 Å². The normalized spacial score (nSPS) is 10.5. The Balaban J connectivity index is 2.58. The molecule has 2 aromatic rings. The van der Waals surface area contributed by atoms with Crippen LogP contribution in [0.4, 0.5) is 5.69 Å². The lowest BCUT2D eigenvalue weighted by Crippen LogP contribution is -2.20. The van der Waals surface area contributed by atoms with Crippen molar-refractivity contribution in [2.45, 2.75) is 13.3 Å². The molecule has 0 saturated carbocycles. The molecule has 0 aliphatic heterocycles. The molecule has 0 atom stereocenters. The monoisotopic (exact) mass is 229 g/mol. The van der Waals surface area contributed by atoms with Crippen LogP contribution in [0.15, 0.2) is 35.3 Å². The molecule has 4 nitrogen and oxygen atoms in total. The summed E-state index contributed by atoms with van der Waals surface area (Å²) in [5.74, 6) is 0. The van der Waals surface area contributed by atoms with Crippen molar-refractivity contribution in [2.24, 2.45) is 7.05 Å². The number of rotatable bonds is 2. The van der Waals surface area contributed by atoms with Gasteiger partial charge in [0.15, 0.2) is 0 Å². The lowest BCUT2D eigenvalue weighted by Gasteiger charge is -2.07. The maximum Gasteiger partial charge on any atom is 0.274 e. The minimum Gasteiger partial charge on any atom is -0.398 e. The number of nitrogens with zero attached hydrogens (tertiary/aromatic N) is 2. The Morgan fingerprint density at radius 3 is 2.76 bits per heavy atom. The topological polar surface area (TPSA) is 60.9 Å². The third-order valence-electron chi connectivity index (χ3n) is 2.84. The Hall–Kier alpha value is -2.10. The summed E-state index contributed by atoms with van der Waals surface area (Å²) in [5.41, 5.74) is 9.10. The number of aromatic nitrogens is 2. The van der Waals surface area contributed by atoms with Gasteiger partial charge in [-0.3, -0.25) is 4.79 Å². The summed E-state index contributed by atoms with van der Waals surface area (Å²) in [6, 6.07) is 7.44. The van der Waals surface area contributed by atoms with E-state index in [9.17, 15) is 4.79 Å². The molecule has 2 rings (SSSR count). The van der Waals surface area contributed by atoms with Gasteiger partial charge in [-0.25, -0.2) is 4.68 Å². The van der Waals surface area contributed by atoms with Crippen LogP contribution < -0.4 is 11.3 Å². The predicted molar refractivity (Wildman–Crippen MR) is 68.7 cm³/mol. The predicted octanol–water partition coefficient (Wildman–Crippen LogP) is 1.59. The van der Waals surface area contributed by atoms with Gasteiger partial charge in [-0.15, -0.1) is 0 Å². The lowest BCUT2D eigenvalue weighted by atomic mass is 10.0. The van der Waals surface area contributed by atoms with Gasteiger partial charge >= 0.3 is 0 Å². The van der Waals surface area contributed by atoms with E-state index in [1.165, 1.54) is 4.68 Å². The van der Waals surface area contributed by atoms with Crippen LogP contribution in [0.2, 0.25) is 0 Å². The van der Waals surface area contributed by atoms with Gasteiger partial charge in [0.2, 0.25) is 0 Å². The molecular weight excluding hydrogens is 214 g/mol. The number of hydrogen-bond acceptors (Lipinski definition) is 3. The van der Waals surface area contributed by atoms with Gasteiger partial charge in [0, 0.05) is 18.9 Å². The van der Waals surface area contributed by atoms with E-state index in [1.807, 2.05) is 18.2 Å². The van der Waals surface area contributed by atoms with Crippen molar-refractivity contribution in [3.05, 3.63) is 46.4 Å². The average molecular weight is 229 g/mol. The Labute approximate surface area is 99.7 Å². The molecule has 0 unspecified atom stereocenters. The van der Waals surface area contributed by atoms with E-state index in [1.54, 1.807) is 19.3 Å². The van der Waals surface area contributed by atoms with Crippen LogP contribution in [0, 0.1) is 0 Å². The number of nitrogens with two attached hydrogens (primary N) is 1. The number of benzene rings is 1. The fourth-order valence-corrected chi connectivity index (χ4v) is 1.81. The largest absolute Gasteiger partial charge is 0.398 e. The zero-order chi connectivity index (χ0) is 12.4. The van der Waals surface area contributed by atoms with Crippen molar-refractivity contribution >= 4 is 5.69 Å². The molecule has 1 aromatic carbocycles. The van der Waals surface area contributed by atoms with Gasteiger partial charge in [0.1, 0.15) is 0 Å². The van der Waals surface area contributed by atoms with Crippen molar-refractivity contribution in [1.82, 2.24) is 9.78 Å². The molecule has 0 fully saturated rings. The first kappa shape index (κ1) is 11.4. The number of hydrogen-bond donors (Lipinski definition) is 1. The summed E-state index contributed by atoms with van der Waals surface area (Å²) in [6.45, 7) is 2.05. The summed E-state index contributed by atoms with van der Waals surface area (Å²) in [4.78, 5) is 11.9. The molecule has 0 spiro atoms. The molecular formula is C13H15N3O. The number of anilines is 1. The van der Waals surface area contributed by atoms with Crippen molar-refractivity contribution in [3.8, 4) is 11.1 Å². The van der Waals surface area contributed by atoms with Crippen LogP contribution in [0.5, 0.6) is 0 Å². The van der Waals surface area contributed by atoms with Crippen molar-refractivity contribution in [2.75, 3.05) is 5.73 Å². The Morgan fingerprint density at radius 2 is 2.12 bits per heavy atom. The summed E-state index contributed by atoms with van der Waals surface area (Å²) in [5, 5.41) is 3.89. The molecule has 0 saturated heterocycles. The molecule has 0 bridgehead atoms. The minimum absolute atomic E-state index is 0.115. The second-order valence-electron chi connectivity index (χ2n) is 3.94. The Bertz CT molecular complexity index is 602. The van der Waals surface area contributed by atoms with Crippen LogP contribution in [-0.2, 0) is 13.5 Å². The SMILES string of the molecule is CCc1ccc(-c2ccnn(C)c2=O)cc1N. The van der Waals surface area contributed by atoms with Gasteiger partial charge in [0.25, 0.3) is 5.56 Å². The van der Waals surface area contributed by atoms with E-state index in [-0.39, 0.29) is 5.56 Å². The second kappa shape index (κ2) is 4.41. The molecule has 1 aromatic heterocycles. The Kier molecular flexibility index (Phi) is 2.95. The quantitative estimate of drug-likeness (QED) is 0.795. The van der Waals surface area contributed by atoms with Gasteiger partial charge in [-0.2, -0.15) is 5.10 Å². The van der Waals surface area contributed by atoms with Crippen molar-refractivity contribution < 1.29 is 0 Å². The third kappa shape index (κ3) is 2.06. The fraction of sp³-hybridized carbons (Fsp3) is 0.231. The Morgan fingerprint density at radius 1 is 1.35 bits per heavy atom. The highest BCUT2D eigenvalue weighted by atomic mass is 16.1.